The van der Waals surface area contributed by atoms with Gasteiger partial charge in [-0.1, -0.05) is 23.8 Å². The molecule has 0 radical (unpaired) electrons. The number of phenols is 1. The summed E-state index contributed by atoms with van der Waals surface area (Å²) in [6.45, 7) is 0. The molecular formula is C12H14O2. The Hall–Kier alpha value is -1.28. The van der Waals surface area contributed by atoms with E-state index in [9.17, 15) is 5.11 Å². The van der Waals surface area contributed by atoms with Crippen LogP contribution in [-0.4, -0.2) is 16.3 Å². The number of hydrogen-bond acceptors (Lipinski definition) is 2. The second kappa shape index (κ2) is 3.84. The van der Waals surface area contributed by atoms with E-state index in [4.69, 9.17) is 5.11 Å². The first kappa shape index (κ1) is 9.28. The molecule has 0 fully saturated rings. The average Bonchev–Trinajstić information content (AvgIpc) is 2.56. The zero-order valence-electron chi connectivity index (χ0n) is 7.98. The molecule has 0 saturated carbocycles. The Kier molecular flexibility index (Phi) is 2.55. The first-order valence-corrected chi connectivity index (χ1v) is 4.89. The summed E-state index contributed by atoms with van der Waals surface area (Å²) in [4.78, 5) is 0. The number of benzene rings is 1. The Morgan fingerprint density at radius 2 is 1.93 bits per heavy atom. The summed E-state index contributed by atoms with van der Waals surface area (Å²) in [6.07, 6.45) is 4.42. The van der Waals surface area contributed by atoms with E-state index in [-0.39, 0.29) is 6.10 Å². The maximum absolute atomic E-state index is 9.31. The monoisotopic (exact) mass is 190 g/mol. The van der Waals surface area contributed by atoms with Gasteiger partial charge in [0.15, 0.2) is 0 Å². The highest BCUT2D eigenvalue weighted by Crippen LogP contribution is 2.22. The maximum atomic E-state index is 9.31. The molecule has 2 nitrogen and oxygen atoms in total. The average molecular weight is 190 g/mol. The van der Waals surface area contributed by atoms with Crippen LogP contribution in [0.4, 0.5) is 0 Å². The van der Waals surface area contributed by atoms with Crippen molar-refractivity contribution in [3.8, 4) is 5.75 Å². The zero-order valence-corrected chi connectivity index (χ0v) is 7.98. The van der Waals surface area contributed by atoms with E-state index >= 15 is 0 Å². The molecule has 1 aliphatic rings. The topological polar surface area (TPSA) is 40.5 Å². The summed E-state index contributed by atoms with van der Waals surface area (Å²) in [7, 11) is 0. The highest BCUT2D eigenvalue weighted by atomic mass is 16.3. The highest BCUT2D eigenvalue weighted by Gasteiger charge is 2.12. The number of allylic oxidation sites excluding steroid dienone is 1. The van der Waals surface area contributed by atoms with Crippen LogP contribution in [0.2, 0.25) is 0 Å². The summed E-state index contributed by atoms with van der Waals surface area (Å²) in [6, 6.07) is 7.23. The molecule has 14 heavy (non-hydrogen) atoms. The van der Waals surface area contributed by atoms with Gasteiger partial charge < -0.3 is 10.2 Å². The van der Waals surface area contributed by atoms with Crippen LogP contribution in [0, 0.1) is 0 Å². The summed E-state index contributed by atoms with van der Waals surface area (Å²) in [5, 5.41) is 18.4. The SMILES string of the molecule is Oc1ccc(CC2=CC(O)CC2)cc1. The number of aliphatic hydroxyl groups is 1. The van der Waals surface area contributed by atoms with E-state index in [2.05, 4.69) is 0 Å². The second-order valence-corrected chi connectivity index (χ2v) is 3.77. The van der Waals surface area contributed by atoms with Gasteiger partial charge in [-0.05, 0) is 37.0 Å². The minimum atomic E-state index is -0.248. The Bertz CT molecular complexity index is 338. The molecule has 0 saturated heterocycles. The molecule has 2 rings (SSSR count). The lowest BCUT2D eigenvalue weighted by Gasteiger charge is -2.01. The third kappa shape index (κ3) is 2.15. The third-order valence-corrected chi connectivity index (χ3v) is 2.56. The van der Waals surface area contributed by atoms with Gasteiger partial charge in [-0.2, -0.15) is 0 Å². The van der Waals surface area contributed by atoms with Crippen molar-refractivity contribution in [3.05, 3.63) is 41.5 Å². The third-order valence-electron chi connectivity index (χ3n) is 2.56. The van der Waals surface area contributed by atoms with Crippen molar-refractivity contribution in [3.63, 3.8) is 0 Å². The lowest BCUT2D eigenvalue weighted by Crippen LogP contribution is -1.93. The van der Waals surface area contributed by atoms with Crippen LogP contribution in [0.15, 0.2) is 35.9 Å². The van der Waals surface area contributed by atoms with Gasteiger partial charge in [0.1, 0.15) is 5.75 Å². The molecule has 0 aromatic heterocycles. The van der Waals surface area contributed by atoms with E-state index in [0.29, 0.717) is 5.75 Å². The minimum absolute atomic E-state index is 0.248. The number of aliphatic hydroxyl groups excluding tert-OH is 1. The standard InChI is InChI=1S/C12H14O2/c13-11-4-1-9(2-5-11)7-10-3-6-12(14)8-10/h1-2,4-5,8,12-14H,3,6-7H2. The summed E-state index contributed by atoms with van der Waals surface area (Å²) < 4.78 is 0. The molecule has 1 atom stereocenters. The highest BCUT2D eigenvalue weighted by molar-refractivity contribution is 5.30. The van der Waals surface area contributed by atoms with Crippen LogP contribution in [0.3, 0.4) is 0 Å². The fourth-order valence-electron chi connectivity index (χ4n) is 1.80. The lowest BCUT2D eigenvalue weighted by atomic mass is 10.1. The van der Waals surface area contributed by atoms with Crippen LogP contribution in [0.1, 0.15) is 18.4 Å². The summed E-state index contributed by atoms with van der Waals surface area (Å²) in [5.74, 6) is 0.300. The molecule has 0 bridgehead atoms. The van der Waals surface area contributed by atoms with Crippen molar-refractivity contribution in [1.29, 1.82) is 0 Å². The predicted molar refractivity (Wildman–Crippen MR) is 55.1 cm³/mol. The Morgan fingerprint density at radius 1 is 1.21 bits per heavy atom. The van der Waals surface area contributed by atoms with Crippen LogP contribution >= 0.6 is 0 Å². The van der Waals surface area contributed by atoms with Crippen molar-refractivity contribution >= 4 is 0 Å². The van der Waals surface area contributed by atoms with Gasteiger partial charge in [0.2, 0.25) is 0 Å². The van der Waals surface area contributed by atoms with Gasteiger partial charge in [0.05, 0.1) is 6.10 Å². The van der Waals surface area contributed by atoms with E-state index in [1.54, 1.807) is 12.1 Å². The molecule has 1 unspecified atom stereocenters. The van der Waals surface area contributed by atoms with E-state index in [0.717, 1.165) is 19.3 Å². The molecular weight excluding hydrogens is 176 g/mol. The number of phenolic OH excluding ortho intramolecular Hbond substituents is 1. The fourth-order valence-corrected chi connectivity index (χ4v) is 1.80. The van der Waals surface area contributed by atoms with Gasteiger partial charge in [0, 0.05) is 0 Å². The smallest absolute Gasteiger partial charge is 0.115 e. The molecule has 0 aliphatic heterocycles. The second-order valence-electron chi connectivity index (χ2n) is 3.77. The first-order chi connectivity index (χ1) is 6.74. The number of hydrogen-bond donors (Lipinski definition) is 2. The van der Waals surface area contributed by atoms with E-state index in [1.165, 1.54) is 11.1 Å². The van der Waals surface area contributed by atoms with Crippen molar-refractivity contribution in [1.82, 2.24) is 0 Å². The maximum Gasteiger partial charge on any atom is 0.115 e. The van der Waals surface area contributed by atoms with Crippen LogP contribution < -0.4 is 0 Å². The minimum Gasteiger partial charge on any atom is -0.508 e. The van der Waals surface area contributed by atoms with Gasteiger partial charge in [-0.3, -0.25) is 0 Å². The molecule has 1 aromatic rings. The van der Waals surface area contributed by atoms with Crippen LogP contribution in [0.25, 0.3) is 0 Å². The first-order valence-electron chi connectivity index (χ1n) is 4.89. The lowest BCUT2D eigenvalue weighted by molar-refractivity contribution is 0.223. The van der Waals surface area contributed by atoms with Gasteiger partial charge >= 0.3 is 0 Å². The van der Waals surface area contributed by atoms with Gasteiger partial charge in [-0.15, -0.1) is 0 Å². The molecule has 1 aromatic carbocycles. The quantitative estimate of drug-likeness (QED) is 0.700. The largest absolute Gasteiger partial charge is 0.508 e. The molecule has 0 amide bonds. The van der Waals surface area contributed by atoms with Crippen molar-refractivity contribution in [2.24, 2.45) is 0 Å². The molecule has 2 heteroatoms. The zero-order chi connectivity index (χ0) is 9.97. The summed E-state index contributed by atoms with van der Waals surface area (Å²) in [5.41, 5.74) is 2.48. The molecule has 0 heterocycles. The van der Waals surface area contributed by atoms with E-state index < -0.39 is 0 Å². The van der Waals surface area contributed by atoms with Crippen LogP contribution in [0.5, 0.6) is 5.75 Å². The number of aromatic hydroxyl groups is 1. The molecule has 74 valence electrons. The number of rotatable bonds is 2. The fraction of sp³-hybridized carbons (Fsp3) is 0.333. The Labute approximate surface area is 83.5 Å². The van der Waals surface area contributed by atoms with Crippen molar-refractivity contribution in [2.75, 3.05) is 0 Å². The van der Waals surface area contributed by atoms with Crippen molar-refractivity contribution < 1.29 is 10.2 Å². The molecule has 1 aliphatic carbocycles. The molecule has 0 spiro atoms. The van der Waals surface area contributed by atoms with Crippen molar-refractivity contribution in [2.45, 2.75) is 25.4 Å². The normalized spacial score (nSPS) is 20.9. The van der Waals surface area contributed by atoms with Gasteiger partial charge in [0.25, 0.3) is 0 Å². The van der Waals surface area contributed by atoms with Crippen LogP contribution in [-0.2, 0) is 6.42 Å². The summed E-state index contributed by atoms with van der Waals surface area (Å²) >= 11 is 0. The van der Waals surface area contributed by atoms with Gasteiger partial charge in [-0.25, -0.2) is 0 Å². The Balaban J connectivity index is 2.04. The Morgan fingerprint density at radius 3 is 2.50 bits per heavy atom. The van der Waals surface area contributed by atoms with E-state index in [1.807, 2.05) is 18.2 Å². The predicted octanol–water partition coefficient (Wildman–Crippen LogP) is 2.02. The molecule has 2 N–H and O–H groups in total.